The highest BCUT2D eigenvalue weighted by Gasteiger charge is 1.99. The monoisotopic (exact) mass is 260 g/mol. The molecule has 0 rings (SSSR count). The van der Waals surface area contributed by atoms with Gasteiger partial charge in [-0.1, -0.05) is 71.1 Å². The van der Waals surface area contributed by atoms with Crippen LogP contribution in [0.2, 0.25) is 0 Å². The fraction of sp³-hybridized carbons (Fsp3) is 0.929. The maximum atomic E-state index is 10.8. The van der Waals surface area contributed by atoms with Crippen molar-refractivity contribution in [3.8, 4) is 0 Å². The molecule has 17 heavy (non-hydrogen) atoms. The van der Waals surface area contributed by atoms with Gasteiger partial charge in [-0.15, -0.1) is 0 Å². The van der Waals surface area contributed by atoms with Gasteiger partial charge in [0.05, 0.1) is 9.47 Å². The summed E-state index contributed by atoms with van der Waals surface area (Å²) in [5, 5.41) is 0. The maximum Gasteiger partial charge on any atom is 0.307 e. The van der Waals surface area contributed by atoms with Crippen molar-refractivity contribution in [2.24, 2.45) is 0 Å². The Hall–Kier alpha value is -0.100. The summed E-state index contributed by atoms with van der Waals surface area (Å²) in [4.78, 5) is 10.8. The Kier molecular flexibility index (Phi) is 13.9. The summed E-state index contributed by atoms with van der Waals surface area (Å²) in [6.45, 7) is 2.26. The van der Waals surface area contributed by atoms with Gasteiger partial charge in [-0.25, -0.2) is 0 Å². The van der Waals surface area contributed by atoms with E-state index in [1.54, 1.807) is 0 Å². The van der Waals surface area contributed by atoms with E-state index in [0.29, 0.717) is 6.42 Å². The smallest absolute Gasteiger partial charge is 0.307 e. The van der Waals surface area contributed by atoms with Crippen LogP contribution in [0.15, 0.2) is 0 Å². The van der Waals surface area contributed by atoms with Crippen LogP contribution in [0.25, 0.3) is 0 Å². The molecule has 0 aliphatic heterocycles. The van der Waals surface area contributed by atoms with E-state index in [1.165, 1.54) is 57.8 Å². The van der Waals surface area contributed by atoms with Crippen molar-refractivity contribution in [1.29, 1.82) is 0 Å². The largest absolute Gasteiger partial charge is 0.452 e. The third kappa shape index (κ3) is 13.8. The lowest BCUT2D eigenvalue weighted by molar-refractivity contribution is -0.133. The number of hydrogen-bond donors (Lipinski definition) is 0. The van der Waals surface area contributed by atoms with Crippen molar-refractivity contribution in [3.05, 3.63) is 0 Å². The molecule has 0 fully saturated rings. The maximum absolute atomic E-state index is 10.8. The first-order valence-electron chi connectivity index (χ1n) is 7.20. The number of unbranched alkanes of at least 4 members (excludes halogenated alkanes) is 10. The molecule has 3 heteroatoms. The minimum Gasteiger partial charge on any atom is -0.452 e. The molecule has 0 aromatic heterocycles. The van der Waals surface area contributed by atoms with Crippen LogP contribution in [0.5, 0.6) is 0 Å². The molecule has 0 bridgehead atoms. The van der Waals surface area contributed by atoms with E-state index < -0.39 is 0 Å². The zero-order valence-corrected chi connectivity index (χ0v) is 12.5. The molecule has 0 heterocycles. The Bertz CT molecular complexity index is 172. The molecule has 102 valence electrons. The van der Waals surface area contributed by atoms with Crippen molar-refractivity contribution in [2.45, 2.75) is 84.0 Å². The van der Waals surface area contributed by atoms with Gasteiger partial charge in [-0.2, -0.15) is 0 Å². The van der Waals surface area contributed by atoms with Gasteiger partial charge in [-0.3, -0.25) is 4.79 Å². The summed E-state index contributed by atoms with van der Waals surface area (Å²) in [7, 11) is 2.01. The molecule has 2 nitrogen and oxygen atoms in total. The second-order valence-corrected chi connectivity index (χ2v) is 5.01. The molecule has 0 N–H and O–H groups in total. The molecule has 0 aliphatic carbocycles. The van der Waals surface area contributed by atoms with Gasteiger partial charge in [0.25, 0.3) is 0 Å². The average molecular weight is 260 g/mol. The third-order valence-electron chi connectivity index (χ3n) is 3.12. The van der Waals surface area contributed by atoms with Crippen LogP contribution in [-0.4, -0.2) is 5.97 Å². The van der Waals surface area contributed by atoms with Crippen molar-refractivity contribution < 1.29 is 9.32 Å². The molecule has 0 aromatic carbocycles. The van der Waals surface area contributed by atoms with Crippen molar-refractivity contribution in [2.75, 3.05) is 0 Å². The van der Waals surface area contributed by atoms with Crippen LogP contribution in [0.1, 0.15) is 84.0 Å². The summed E-state index contributed by atoms with van der Waals surface area (Å²) >= 11 is 0. The first kappa shape index (κ1) is 16.9. The molecule has 1 unspecified atom stereocenters. The molecule has 0 aliphatic rings. The average Bonchev–Trinajstić information content (AvgIpc) is 2.35. The van der Waals surface area contributed by atoms with Crippen molar-refractivity contribution in [3.63, 3.8) is 0 Å². The Labute approximate surface area is 109 Å². The van der Waals surface area contributed by atoms with Crippen LogP contribution in [-0.2, 0) is 9.32 Å². The molecule has 0 spiro atoms. The molecular formula is C14H29O2P. The van der Waals surface area contributed by atoms with E-state index in [-0.39, 0.29) is 5.97 Å². The summed E-state index contributed by atoms with van der Waals surface area (Å²) in [6, 6.07) is 0. The Morgan fingerprint density at radius 1 is 0.824 bits per heavy atom. The van der Waals surface area contributed by atoms with E-state index >= 15 is 0 Å². The lowest BCUT2D eigenvalue weighted by atomic mass is 10.1. The quantitative estimate of drug-likeness (QED) is 0.364. The van der Waals surface area contributed by atoms with E-state index in [2.05, 4.69) is 11.4 Å². The lowest BCUT2D eigenvalue weighted by Gasteiger charge is -2.02. The number of rotatable bonds is 12. The zero-order valence-electron chi connectivity index (χ0n) is 11.4. The second-order valence-electron chi connectivity index (χ2n) is 4.78. The van der Waals surface area contributed by atoms with E-state index in [4.69, 9.17) is 0 Å². The first-order chi connectivity index (χ1) is 8.31. The van der Waals surface area contributed by atoms with Gasteiger partial charge < -0.3 is 4.52 Å². The molecule has 0 amide bonds. The van der Waals surface area contributed by atoms with Crippen LogP contribution < -0.4 is 0 Å². The van der Waals surface area contributed by atoms with E-state index in [1.807, 2.05) is 9.47 Å². The van der Waals surface area contributed by atoms with Crippen LogP contribution in [0, 0.1) is 0 Å². The summed E-state index contributed by atoms with van der Waals surface area (Å²) in [6.07, 6.45) is 15.0. The standard InChI is InChI=1S/C14H29O2P/c1-2-3-4-5-6-7-8-9-10-11-12-13-14(15)16-17/h2-13,17H2,1H3. The highest BCUT2D eigenvalue weighted by molar-refractivity contribution is 7.10. The fourth-order valence-electron chi connectivity index (χ4n) is 1.99. The third-order valence-corrected chi connectivity index (χ3v) is 3.38. The summed E-state index contributed by atoms with van der Waals surface area (Å²) in [5.74, 6) is -0.106. The van der Waals surface area contributed by atoms with Gasteiger partial charge >= 0.3 is 5.97 Å². The number of carbonyl (C=O) groups is 1. The summed E-state index contributed by atoms with van der Waals surface area (Å²) in [5.41, 5.74) is 0. The molecule has 0 aromatic rings. The molecule has 0 radical (unpaired) electrons. The Morgan fingerprint density at radius 2 is 1.24 bits per heavy atom. The van der Waals surface area contributed by atoms with E-state index in [0.717, 1.165) is 12.8 Å². The highest BCUT2D eigenvalue weighted by Crippen LogP contribution is 2.12. The lowest BCUT2D eigenvalue weighted by Crippen LogP contribution is -1.95. The number of carbonyl (C=O) groups excluding carboxylic acids is 1. The van der Waals surface area contributed by atoms with E-state index in [9.17, 15) is 4.79 Å². The van der Waals surface area contributed by atoms with Gasteiger partial charge in [0.15, 0.2) is 0 Å². The second kappa shape index (κ2) is 14.0. The SMILES string of the molecule is CCCCCCCCCCCCCC(=O)OP. The van der Waals surface area contributed by atoms with Crippen LogP contribution >= 0.6 is 9.47 Å². The highest BCUT2D eigenvalue weighted by atomic mass is 31.0. The first-order valence-corrected chi connectivity index (χ1v) is 7.68. The Balaban J connectivity index is 2.96. The molecule has 0 saturated heterocycles. The minimum absolute atomic E-state index is 0.106. The van der Waals surface area contributed by atoms with Gasteiger partial charge in [0.1, 0.15) is 0 Å². The topological polar surface area (TPSA) is 26.3 Å². The van der Waals surface area contributed by atoms with Gasteiger partial charge in [-0.05, 0) is 6.42 Å². The normalized spacial score (nSPS) is 10.5. The number of hydrogen-bond acceptors (Lipinski definition) is 2. The summed E-state index contributed by atoms with van der Waals surface area (Å²) < 4.78 is 4.52. The molecule has 1 atom stereocenters. The van der Waals surface area contributed by atoms with Crippen LogP contribution in [0.3, 0.4) is 0 Å². The molecular weight excluding hydrogens is 231 g/mol. The van der Waals surface area contributed by atoms with Crippen LogP contribution in [0.4, 0.5) is 0 Å². The van der Waals surface area contributed by atoms with Gasteiger partial charge in [0.2, 0.25) is 0 Å². The fourth-order valence-corrected chi connectivity index (χ4v) is 2.11. The molecule has 0 saturated carbocycles. The Morgan fingerprint density at radius 3 is 1.65 bits per heavy atom. The minimum atomic E-state index is -0.106. The van der Waals surface area contributed by atoms with Crippen molar-refractivity contribution in [1.82, 2.24) is 0 Å². The van der Waals surface area contributed by atoms with Gasteiger partial charge in [0, 0.05) is 6.42 Å². The zero-order chi connectivity index (χ0) is 12.8. The predicted molar refractivity (Wildman–Crippen MR) is 76.9 cm³/mol. The van der Waals surface area contributed by atoms with Crippen molar-refractivity contribution >= 4 is 15.4 Å². The predicted octanol–water partition coefficient (Wildman–Crippen LogP) is 5.02.